The largest absolute Gasteiger partial charge is 0.417 e. The summed E-state index contributed by atoms with van der Waals surface area (Å²) in [6.45, 7) is 1.42. The highest BCUT2D eigenvalue weighted by Gasteiger charge is 2.47. The van der Waals surface area contributed by atoms with E-state index in [0.29, 0.717) is 44.4 Å². The molecular weight excluding hydrogens is 454 g/mol. The maximum absolute atomic E-state index is 13.5. The first-order valence-electron chi connectivity index (χ1n) is 11.4. The molecule has 1 fully saturated rings. The number of rotatable bonds is 9. The zero-order valence-corrected chi connectivity index (χ0v) is 19.0. The van der Waals surface area contributed by atoms with Gasteiger partial charge in [-0.15, -0.1) is 0 Å². The van der Waals surface area contributed by atoms with Gasteiger partial charge in [0.25, 0.3) is 0 Å². The summed E-state index contributed by atoms with van der Waals surface area (Å²) in [6.07, 6.45) is -6.38. The molecule has 1 aliphatic rings. The second kappa shape index (κ2) is 10.4. The number of nitrogens with zero attached hydrogens (tertiary/aromatic N) is 2. The molecule has 3 rings (SSSR count). The van der Waals surface area contributed by atoms with Crippen LogP contribution in [0, 0.1) is 17.2 Å². The van der Waals surface area contributed by atoms with Crippen LogP contribution in [0.25, 0.3) is 0 Å². The van der Waals surface area contributed by atoms with Gasteiger partial charge in [0.2, 0.25) is 0 Å². The summed E-state index contributed by atoms with van der Waals surface area (Å²) >= 11 is 0. The molecule has 1 unspecified atom stereocenters. The van der Waals surface area contributed by atoms with Gasteiger partial charge >= 0.3 is 12.4 Å². The minimum Gasteiger partial charge on any atom is -0.306 e. The Morgan fingerprint density at radius 3 is 2.09 bits per heavy atom. The zero-order valence-electron chi connectivity index (χ0n) is 19.0. The van der Waals surface area contributed by atoms with E-state index >= 15 is 0 Å². The summed E-state index contributed by atoms with van der Waals surface area (Å²) in [5.74, 6) is -0.162. The smallest absolute Gasteiger partial charge is 0.306 e. The van der Waals surface area contributed by atoms with Crippen LogP contribution in [-0.2, 0) is 24.2 Å². The number of hydrogen-bond donors (Lipinski definition) is 0. The van der Waals surface area contributed by atoms with Crippen LogP contribution in [-0.4, -0.2) is 25.0 Å². The van der Waals surface area contributed by atoms with Crippen molar-refractivity contribution >= 4 is 0 Å². The SMILES string of the molecule is CN(CCCC(C#N)(c1ccc(C(F)(F)F)c(C(F)(F)F)c1)C1CCC1)CCc1ccccc1. The molecule has 8 heteroatoms. The van der Waals surface area contributed by atoms with Crippen molar-refractivity contribution in [2.45, 2.75) is 56.3 Å². The van der Waals surface area contributed by atoms with Gasteiger partial charge in [-0.3, -0.25) is 0 Å². The Hall–Kier alpha value is -2.53. The number of alkyl halides is 6. The molecule has 0 heterocycles. The second-order valence-electron chi connectivity index (χ2n) is 9.11. The van der Waals surface area contributed by atoms with E-state index in [2.05, 4.69) is 11.0 Å². The quantitative estimate of drug-likeness (QED) is 0.352. The van der Waals surface area contributed by atoms with Crippen molar-refractivity contribution in [2.24, 2.45) is 5.92 Å². The first kappa shape index (κ1) is 26.1. The normalized spacial score (nSPS) is 16.7. The van der Waals surface area contributed by atoms with E-state index in [-0.39, 0.29) is 11.5 Å². The second-order valence-corrected chi connectivity index (χ2v) is 9.11. The summed E-state index contributed by atoms with van der Waals surface area (Å²) in [5.41, 5.74) is -3.45. The van der Waals surface area contributed by atoms with Crippen molar-refractivity contribution < 1.29 is 26.3 Å². The monoisotopic (exact) mass is 482 g/mol. The molecule has 2 aromatic rings. The zero-order chi connectivity index (χ0) is 25.0. The average molecular weight is 483 g/mol. The van der Waals surface area contributed by atoms with E-state index in [1.165, 1.54) is 5.56 Å². The highest BCUT2D eigenvalue weighted by Crippen LogP contribution is 2.49. The molecule has 0 spiro atoms. The molecule has 0 bridgehead atoms. The van der Waals surface area contributed by atoms with Crippen molar-refractivity contribution in [3.8, 4) is 6.07 Å². The van der Waals surface area contributed by atoms with Gasteiger partial charge in [-0.2, -0.15) is 31.6 Å². The van der Waals surface area contributed by atoms with Crippen molar-refractivity contribution in [1.82, 2.24) is 4.90 Å². The number of halogens is 6. The maximum Gasteiger partial charge on any atom is 0.417 e. The summed E-state index contributed by atoms with van der Waals surface area (Å²) in [4.78, 5) is 2.10. The van der Waals surface area contributed by atoms with Gasteiger partial charge in [-0.25, -0.2) is 0 Å². The van der Waals surface area contributed by atoms with Gasteiger partial charge in [0.15, 0.2) is 0 Å². The van der Waals surface area contributed by atoms with Crippen LogP contribution >= 0.6 is 0 Å². The van der Waals surface area contributed by atoms with E-state index in [4.69, 9.17) is 0 Å². The van der Waals surface area contributed by atoms with E-state index in [0.717, 1.165) is 25.5 Å². The molecule has 2 aromatic carbocycles. The van der Waals surface area contributed by atoms with Gasteiger partial charge in [-0.1, -0.05) is 42.8 Å². The molecule has 0 radical (unpaired) electrons. The number of benzene rings is 2. The Balaban J connectivity index is 1.79. The van der Waals surface area contributed by atoms with Gasteiger partial charge in [-0.05, 0) is 74.9 Å². The van der Waals surface area contributed by atoms with Gasteiger partial charge in [0.05, 0.1) is 22.6 Å². The first-order chi connectivity index (χ1) is 16.0. The van der Waals surface area contributed by atoms with Crippen molar-refractivity contribution in [3.05, 3.63) is 70.8 Å². The predicted octanol–water partition coefficient (Wildman–Crippen LogP) is 7.24. The molecule has 0 saturated heterocycles. The molecule has 1 saturated carbocycles. The van der Waals surface area contributed by atoms with Crippen LogP contribution in [0.1, 0.15) is 54.4 Å². The molecule has 0 amide bonds. The van der Waals surface area contributed by atoms with Crippen molar-refractivity contribution in [3.63, 3.8) is 0 Å². The molecule has 184 valence electrons. The lowest BCUT2D eigenvalue weighted by Crippen LogP contribution is -2.39. The molecule has 1 aliphatic carbocycles. The van der Waals surface area contributed by atoms with Gasteiger partial charge in [0, 0.05) is 6.54 Å². The predicted molar refractivity (Wildman–Crippen MR) is 118 cm³/mol. The highest BCUT2D eigenvalue weighted by atomic mass is 19.4. The molecular formula is C26H28F6N2. The molecule has 34 heavy (non-hydrogen) atoms. The average Bonchev–Trinajstić information content (AvgIpc) is 2.74. The van der Waals surface area contributed by atoms with E-state index in [1.807, 2.05) is 37.4 Å². The molecule has 1 atom stereocenters. The summed E-state index contributed by atoms with van der Waals surface area (Å²) in [5, 5.41) is 10.1. The molecule has 2 nitrogen and oxygen atoms in total. The van der Waals surface area contributed by atoms with Gasteiger partial charge < -0.3 is 4.90 Å². The maximum atomic E-state index is 13.5. The topological polar surface area (TPSA) is 27.0 Å². The lowest BCUT2D eigenvalue weighted by molar-refractivity contribution is -0.162. The third-order valence-corrected chi connectivity index (χ3v) is 6.88. The molecule has 0 aliphatic heterocycles. The fourth-order valence-corrected chi connectivity index (χ4v) is 4.70. The van der Waals surface area contributed by atoms with Crippen LogP contribution in [0.4, 0.5) is 26.3 Å². The number of likely N-dealkylation sites (N-methyl/N-ethyl adjacent to an activating group) is 1. The Morgan fingerprint density at radius 1 is 0.912 bits per heavy atom. The number of nitriles is 1. The lowest BCUT2D eigenvalue weighted by Gasteiger charge is -2.41. The Labute approximate surface area is 196 Å². The Morgan fingerprint density at radius 2 is 1.56 bits per heavy atom. The van der Waals surface area contributed by atoms with Crippen LogP contribution in [0.5, 0.6) is 0 Å². The summed E-state index contributed by atoms with van der Waals surface area (Å²) in [7, 11) is 1.94. The first-order valence-corrected chi connectivity index (χ1v) is 11.4. The minimum atomic E-state index is -5.17. The lowest BCUT2D eigenvalue weighted by atomic mass is 9.60. The fraction of sp³-hybridized carbons (Fsp3) is 0.500. The molecule has 0 N–H and O–H groups in total. The third-order valence-electron chi connectivity index (χ3n) is 6.88. The van der Waals surface area contributed by atoms with Gasteiger partial charge in [0.1, 0.15) is 0 Å². The van der Waals surface area contributed by atoms with Crippen LogP contribution in [0.2, 0.25) is 0 Å². The highest BCUT2D eigenvalue weighted by molar-refractivity contribution is 5.43. The van der Waals surface area contributed by atoms with Crippen molar-refractivity contribution in [2.75, 3.05) is 20.1 Å². The van der Waals surface area contributed by atoms with Crippen LogP contribution in [0.3, 0.4) is 0 Å². The number of hydrogen-bond acceptors (Lipinski definition) is 2. The van der Waals surface area contributed by atoms with Crippen LogP contribution < -0.4 is 0 Å². The standard InChI is InChI=1S/C26H28F6N2/c1-34(16-13-19-7-3-2-4-8-19)15-6-14-24(18-33,20-9-5-10-20)21-11-12-22(25(27,28)29)23(17-21)26(30,31)32/h2-4,7-8,11-12,17,20H,5-6,9-10,13-16H2,1H3. The third kappa shape index (κ3) is 5.93. The summed E-state index contributed by atoms with van der Waals surface area (Å²) < 4.78 is 80.3. The minimum absolute atomic E-state index is 0.0342. The fourth-order valence-electron chi connectivity index (χ4n) is 4.70. The van der Waals surface area contributed by atoms with E-state index in [1.54, 1.807) is 0 Å². The van der Waals surface area contributed by atoms with E-state index in [9.17, 15) is 31.6 Å². The Kier molecular flexibility index (Phi) is 7.97. The molecule has 0 aromatic heterocycles. The Bertz CT molecular complexity index is 989. The van der Waals surface area contributed by atoms with Crippen LogP contribution in [0.15, 0.2) is 48.5 Å². The van der Waals surface area contributed by atoms with E-state index < -0.39 is 28.9 Å². The summed E-state index contributed by atoms with van der Waals surface area (Å²) in [6, 6.07) is 14.3. The van der Waals surface area contributed by atoms with Crippen molar-refractivity contribution in [1.29, 1.82) is 5.26 Å².